The monoisotopic (exact) mass is 335 g/mol. The zero-order valence-corrected chi connectivity index (χ0v) is 14.4. The molecule has 24 heavy (non-hydrogen) atoms. The number of benzene rings is 1. The van der Waals surface area contributed by atoms with Crippen molar-refractivity contribution in [3.63, 3.8) is 0 Å². The van der Waals surface area contributed by atoms with Gasteiger partial charge in [-0.2, -0.15) is 0 Å². The van der Waals surface area contributed by atoms with Crippen molar-refractivity contribution in [2.75, 3.05) is 6.54 Å². The van der Waals surface area contributed by atoms with E-state index in [9.17, 15) is 14.7 Å². The first-order valence-electron chi connectivity index (χ1n) is 8.14. The predicted octanol–water partition coefficient (Wildman–Crippen LogP) is 2.49. The molecule has 1 fully saturated rings. The molecule has 0 aromatic heterocycles. The third-order valence-corrected chi connectivity index (χ3v) is 3.70. The number of esters is 1. The predicted molar refractivity (Wildman–Crippen MR) is 88.2 cm³/mol. The Morgan fingerprint density at radius 3 is 2.54 bits per heavy atom. The topological polar surface area (TPSA) is 76.1 Å². The number of nitrogens with zero attached hydrogens (tertiary/aromatic N) is 1. The van der Waals surface area contributed by atoms with E-state index in [2.05, 4.69) is 0 Å². The van der Waals surface area contributed by atoms with Crippen LogP contribution >= 0.6 is 0 Å². The van der Waals surface area contributed by atoms with Gasteiger partial charge in [-0.15, -0.1) is 0 Å². The van der Waals surface area contributed by atoms with E-state index in [1.54, 1.807) is 20.8 Å². The molecule has 0 spiro atoms. The second-order valence-electron chi connectivity index (χ2n) is 6.96. The highest BCUT2D eigenvalue weighted by molar-refractivity contribution is 5.82. The SMILES string of the molecule is CC(C)(C)OC(=O)N1CCC(O)CC1C(=O)OCc1ccccc1. The minimum atomic E-state index is -0.827. The van der Waals surface area contributed by atoms with Crippen LogP contribution in [0.25, 0.3) is 0 Å². The number of hydrogen-bond donors (Lipinski definition) is 1. The van der Waals surface area contributed by atoms with Gasteiger partial charge in [-0.3, -0.25) is 4.90 Å². The number of likely N-dealkylation sites (tertiary alicyclic amines) is 1. The van der Waals surface area contributed by atoms with Crippen molar-refractivity contribution in [2.45, 2.75) is 58.0 Å². The Morgan fingerprint density at radius 1 is 1.25 bits per heavy atom. The second-order valence-corrected chi connectivity index (χ2v) is 6.96. The number of ether oxygens (including phenoxy) is 2. The normalized spacial score (nSPS) is 21.2. The molecule has 6 heteroatoms. The first kappa shape index (κ1) is 18.3. The Kier molecular flexibility index (Phi) is 5.83. The molecule has 1 N–H and O–H groups in total. The van der Waals surface area contributed by atoms with E-state index in [-0.39, 0.29) is 19.6 Å². The quantitative estimate of drug-likeness (QED) is 0.859. The molecule has 1 aliphatic rings. The molecule has 0 aliphatic carbocycles. The number of carbonyl (C=O) groups is 2. The van der Waals surface area contributed by atoms with Crippen molar-refractivity contribution >= 4 is 12.1 Å². The van der Waals surface area contributed by atoms with Crippen LogP contribution in [0.1, 0.15) is 39.2 Å². The standard InChI is InChI=1S/C18H25NO5/c1-18(2,3)24-17(22)19-10-9-14(20)11-15(19)16(21)23-12-13-7-5-4-6-8-13/h4-8,14-15,20H,9-12H2,1-3H3. The minimum Gasteiger partial charge on any atom is -0.459 e. The van der Waals surface area contributed by atoms with Crippen LogP contribution in [0, 0.1) is 0 Å². The largest absolute Gasteiger partial charge is 0.459 e. The molecule has 2 rings (SSSR count). The molecule has 132 valence electrons. The lowest BCUT2D eigenvalue weighted by Gasteiger charge is -2.37. The maximum atomic E-state index is 12.4. The highest BCUT2D eigenvalue weighted by atomic mass is 16.6. The molecular formula is C18H25NO5. The highest BCUT2D eigenvalue weighted by Crippen LogP contribution is 2.22. The Hall–Kier alpha value is -2.08. The lowest BCUT2D eigenvalue weighted by atomic mass is 10.00. The summed E-state index contributed by atoms with van der Waals surface area (Å²) in [5.41, 5.74) is 0.220. The van der Waals surface area contributed by atoms with Gasteiger partial charge in [-0.25, -0.2) is 9.59 Å². The van der Waals surface area contributed by atoms with Gasteiger partial charge in [0.25, 0.3) is 0 Å². The Labute approximate surface area is 142 Å². The Balaban J connectivity index is 2.02. The van der Waals surface area contributed by atoms with E-state index in [1.807, 2.05) is 30.3 Å². The highest BCUT2D eigenvalue weighted by Gasteiger charge is 2.38. The summed E-state index contributed by atoms with van der Waals surface area (Å²) < 4.78 is 10.7. The van der Waals surface area contributed by atoms with Crippen LogP contribution in [-0.4, -0.2) is 46.4 Å². The number of piperidine rings is 1. The van der Waals surface area contributed by atoms with Crippen molar-refractivity contribution < 1.29 is 24.2 Å². The van der Waals surface area contributed by atoms with Gasteiger partial charge < -0.3 is 14.6 Å². The van der Waals surface area contributed by atoms with E-state index in [4.69, 9.17) is 9.47 Å². The minimum absolute atomic E-state index is 0.133. The summed E-state index contributed by atoms with van der Waals surface area (Å²) >= 11 is 0. The van der Waals surface area contributed by atoms with Crippen LogP contribution in [-0.2, 0) is 20.9 Å². The molecule has 0 saturated carbocycles. The molecule has 2 atom stereocenters. The van der Waals surface area contributed by atoms with Crippen molar-refractivity contribution in [1.82, 2.24) is 4.90 Å². The molecule has 1 aliphatic heterocycles. The molecule has 1 amide bonds. The summed E-state index contributed by atoms with van der Waals surface area (Å²) in [5.74, 6) is -0.525. The van der Waals surface area contributed by atoms with Crippen LogP contribution in [0.3, 0.4) is 0 Å². The van der Waals surface area contributed by atoms with E-state index in [0.29, 0.717) is 6.42 Å². The number of aliphatic hydroxyl groups excluding tert-OH is 1. The maximum absolute atomic E-state index is 12.4. The van der Waals surface area contributed by atoms with Gasteiger partial charge in [0, 0.05) is 13.0 Å². The number of hydrogen-bond acceptors (Lipinski definition) is 5. The summed E-state index contributed by atoms with van der Waals surface area (Å²) in [5, 5.41) is 9.86. The number of amides is 1. The average Bonchev–Trinajstić information content (AvgIpc) is 2.51. The number of rotatable bonds is 3. The van der Waals surface area contributed by atoms with Gasteiger partial charge >= 0.3 is 12.1 Å². The number of carbonyl (C=O) groups excluding carboxylic acids is 2. The smallest absolute Gasteiger partial charge is 0.411 e. The molecule has 2 unspecified atom stereocenters. The van der Waals surface area contributed by atoms with E-state index >= 15 is 0 Å². The van der Waals surface area contributed by atoms with Gasteiger partial charge in [0.1, 0.15) is 18.2 Å². The average molecular weight is 335 g/mol. The van der Waals surface area contributed by atoms with Gasteiger partial charge in [0.2, 0.25) is 0 Å². The number of aliphatic hydroxyl groups is 1. The van der Waals surface area contributed by atoms with Gasteiger partial charge in [0.15, 0.2) is 0 Å². The summed E-state index contributed by atoms with van der Waals surface area (Å²) in [6.07, 6.45) is -0.608. The van der Waals surface area contributed by atoms with Crippen molar-refractivity contribution in [2.24, 2.45) is 0 Å². The zero-order chi connectivity index (χ0) is 17.7. The van der Waals surface area contributed by atoms with Crippen molar-refractivity contribution in [3.8, 4) is 0 Å². The van der Waals surface area contributed by atoms with Gasteiger partial charge in [-0.05, 0) is 32.8 Å². The van der Waals surface area contributed by atoms with Crippen LogP contribution in [0.2, 0.25) is 0 Å². The molecule has 1 saturated heterocycles. The fraction of sp³-hybridized carbons (Fsp3) is 0.556. The van der Waals surface area contributed by atoms with Crippen molar-refractivity contribution in [1.29, 1.82) is 0 Å². The summed E-state index contributed by atoms with van der Waals surface area (Å²) in [6.45, 7) is 5.71. The zero-order valence-electron chi connectivity index (χ0n) is 14.4. The van der Waals surface area contributed by atoms with E-state index in [1.165, 1.54) is 4.90 Å². The molecule has 0 bridgehead atoms. The molecule has 6 nitrogen and oxygen atoms in total. The Morgan fingerprint density at radius 2 is 1.92 bits per heavy atom. The first-order chi connectivity index (χ1) is 11.3. The third kappa shape index (κ3) is 5.23. The molecule has 1 heterocycles. The Bertz CT molecular complexity index is 567. The summed E-state index contributed by atoms with van der Waals surface area (Å²) in [4.78, 5) is 26.1. The third-order valence-electron chi connectivity index (χ3n) is 3.70. The lowest BCUT2D eigenvalue weighted by molar-refractivity contribution is -0.154. The summed E-state index contributed by atoms with van der Waals surface area (Å²) in [6, 6.07) is 8.49. The molecular weight excluding hydrogens is 310 g/mol. The molecule has 0 radical (unpaired) electrons. The van der Waals surface area contributed by atoms with Crippen LogP contribution in [0.15, 0.2) is 30.3 Å². The molecule has 1 aromatic rings. The fourth-order valence-corrected chi connectivity index (χ4v) is 2.53. The van der Waals surface area contributed by atoms with Crippen molar-refractivity contribution in [3.05, 3.63) is 35.9 Å². The lowest BCUT2D eigenvalue weighted by Crippen LogP contribution is -2.53. The van der Waals surface area contributed by atoms with E-state index in [0.717, 1.165) is 5.56 Å². The van der Waals surface area contributed by atoms with Crippen LogP contribution < -0.4 is 0 Å². The molecule has 1 aromatic carbocycles. The van der Waals surface area contributed by atoms with Gasteiger partial charge in [-0.1, -0.05) is 30.3 Å². The first-order valence-corrected chi connectivity index (χ1v) is 8.14. The maximum Gasteiger partial charge on any atom is 0.411 e. The van der Waals surface area contributed by atoms with Crippen LogP contribution in [0.5, 0.6) is 0 Å². The van der Waals surface area contributed by atoms with Gasteiger partial charge in [0.05, 0.1) is 6.10 Å². The fourth-order valence-electron chi connectivity index (χ4n) is 2.53. The summed E-state index contributed by atoms with van der Waals surface area (Å²) in [7, 11) is 0. The van der Waals surface area contributed by atoms with E-state index < -0.39 is 29.8 Å². The van der Waals surface area contributed by atoms with Crippen LogP contribution in [0.4, 0.5) is 4.79 Å². The second kappa shape index (κ2) is 7.66.